The highest BCUT2D eigenvalue weighted by Gasteiger charge is 2.26. The molecule has 0 spiro atoms. The summed E-state index contributed by atoms with van der Waals surface area (Å²) >= 11 is 2.02. The Morgan fingerprint density at radius 2 is 1.21 bits per heavy atom. The van der Waals surface area contributed by atoms with Crippen molar-refractivity contribution in [3.8, 4) is 0 Å². The molecule has 0 saturated heterocycles. The zero-order valence-electron chi connectivity index (χ0n) is 16.2. The van der Waals surface area contributed by atoms with Crippen molar-refractivity contribution in [3.63, 3.8) is 0 Å². The van der Waals surface area contributed by atoms with Crippen molar-refractivity contribution in [3.05, 3.63) is 11.3 Å². The summed E-state index contributed by atoms with van der Waals surface area (Å²) in [6, 6.07) is 0. The Morgan fingerprint density at radius 1 is 0.750 bits per heavy atom. The fourth-order valence-corrected chi connectivity index (χ4v) is 5.99. The number of hydrogen-bond acceptors (Lipinski definition) is 2. The topological polar surface area (TPSA) is 9.23 Å². The maximum Gasteiger partial charge on any atom is 0.0982 e. The molecule has 2 saturated carbocycles. The second kappa shape index (κ2) is 11.1. The van der Waals surface area contributed by atoms with Gasteiger partial charge < -0.3 is 4.74 Å². The van der Waals surface area contributed by atoms with Gasteiger partial charge in [-0.15, -0.1) is 11.4 Å². The predicted molar refractivity (Wildman–Crippen MR) is 112 cm³/mol. The Kier molecular flexibility index (Phi) is 9.56. The van der Waals surface area contributed by atoms with Crippen LogP contribution in [0.3, 0.4) is 0 Å². The third kappa shape index (κ3) is 6.91. The first-order valence-corrected chi connectivity index (χ1v) is 12.6. The smallest absolute Gasteiger partial charge is 0.0982 e. The van der Waals surface area contributed by atoms with Crippen molar-refractivity contribution in [2.75, 3.05) is 0 Å². The SMILES string of the molecule is CC(C)=C(C)OC1CCCC(C2CCCC(SP)CCC2)CCC1. The summed E-state index contributed by atoms with van der Waals surface area (Å²) in [6.07, 6.45) is 17.4. The highest BCUT2D eigenvalue weighted by molar-refractivity contribution is 8.44. The average Bonchev–Trinajstić information content (AvgIpc) is 2.50. The maximum absolute atomic E-state index is 6.20. The molecule has 140 valence electrons. The van der Waals surface area contributed by atoms with Crippen LogP contribution in [0.2, 0.25) is 0 Å². The Labute approximate surface area is 157 Å². The Bertz CT molecular complexity index is 371. The van der Waals surface area contributed by atoms with E-state index in [-0.39, 0.29) is 0 Å². The molecule has 3 heteroatoms. The van der Waals surface area contributed by atoms with Crippen LogP contribution in [0.5, 0.6) is 0 Å². The number of allylic oxidation sites excluding steroid dienone is 2. The van der Waals surface area contributed by atoms with Crippen LogP contribution in [0, 0.1) is 11.8 Å². The van der Waals surface area contributed by atoms with E-state index in [2.05, 4.69) is 29.2 Å². The van der Waals surface area contributed by atoms with Gasteiger partial charge in [0.1, 0.15) is 0 Å². The Hall–Kier alpha value is 0.320. The molecule has 0 heterocycles. The molecule has 2 rings (SSSR count). The normalized spacial score (nSPS) is 32.8. The molecule has 2 aliphatic carbocycles. The van der Waals surface area contributed by atoms with Crippen LogP contribution in [-0.2, 0) is 4.74 Å². The summed E-state index contributed by atoms with van der Waals surface area (Å²) in [4.78, 5) is 0. The second-order valence-corrected chi connectivity index (χ2v) is 10.1. The lowest BCUT2D eigenvalue weighted by Gasteiger charge is -2.33. The van der Waals surface area contributed by atoms with Gasteiger partial charge in [0, 0.05) is 5.25 Å². The third-order valence-electron chi connectivity index (χ3n) is 6.31. The molecule has 0 aliphatic heterocycles. The Balaban J connectivity index is 1.78. The minimum atomic E-state index is 0.470. The lowest BCUT2D eigenvalue weighted by Crippen LogP contribution is -2.22. The highest BCUT2D eigenvalue weighted by atomic mass is 32.7. The zero-order chi connectivity index (χ0) is 17.4. The standard InChI is InChI=1S/C21H39OPS/c1-16(2)17(3)22-20-12-4-8-18(9-5-13-20)19-10-6-14-21(24-23)15-7-11-19/h18-21H,4-15,23H2,1-3H3. The van der Waals surface area contributed by atoms with Gasteiger partial charge in [0.15, 0.2) is 0 Å². The highest BCUT2D eigenvalue weighted by Crippen LogP contribution is 2.39. The molecule has 0 radical (unpaired) electrons. The molecule has 2 fully saturated rings. The summed E-state index contributed by atoms with van der Waals surface area (Å²) in [5, 5.41) is 0.907. The van der Waals surface area contributed by atoms with Crippen LogP contribution in [0.15, 0.2) is 11.3 Å². The van der Waals surface area contributed by atoms with Crippen molar-refractivity contribution in [2.45, 2.75) is 109 Å². The molecule has 0 aromatic carbocycles. The van der Waals surface area contributed by atoms with E-state index in [1.807, 2.05) is 11.4 Å². The summed E-state index contributed by atoms with van der Waals surface area (Å²) in [5.41, 5.74) is 1.33. The van der Waals surface area contributed by atoms with Gasteiger partial charge in [-0.2, -0.15) is 0 Å². The van der Waals surface area contributed by atoms with E-state index in [9.17, 15) is 0 Å². The molecule has 1 unspecified atom stereocenters. The molecule has 24 heavy (non-hydrogen) atoms. The van der Waals surface area contributed by atoms with E-state index < -0.39 is 0 Å². The Morgan fingerprint density at radius 3 is 1.62 bits per heavy atom. The molecule has 2 aliphatic rings. The minimum Gasteiger partial charge on any atom is -0.495 e. The quantitative estimate of drug-likeness (QED) is 0.374. The number of hydrogen-bond donors (Lipinski definition) is 0. The zero-order valence-corrected chi connectivity index (χ0v) is 18.2. The van der Waals surface area contributed by atoms with Gasteiger partial charge in [-0.25, -0.2) is 0 Å². The fraction of sp³-hybridized carbons (Fsp3) is 0.905. The minimum absolute atomic E-state index is 0.470. The van der Waals surface area contributed by atoms with Crippen LogP contribution in [0.4, 0.5) is 0 Å². The van der Waals surface area contributed by atoms with E-state index >= 15 is 0 Å². The lowest BCUT2D eigenvalue weighted by atomic mass is 9.76. The third-order valence-corrected chi connectivity index (χ3v) is 8.32. The molecule has 0 aromatic rings. The van der Waals surface area contributed by atoms with Gasteiger partial charge in [-0.05, 0) is 76.7 Å². The van der Waals surface area contributed by atoms with Crippen LogP contribution in [0.25, 0.3) is 0 Å². The van der Waals surface area contributed by atoms with Crippen LogP contribution < -0.4 is 0 Å². The molecule has 0 bridgehead atoms. The average molecular weight is 371 g/mol. The summed E-state index contributed by atoms with van der Waals surface area (Å²) in [7, 11) is 2.88. The van der Waals surface area contributed by atoms with Crippen molar-refractivity contribution in [1.29, 1.82) is 0 Å². The van der Waals surface area contributed by atoms with E-state index in [1.165, 1.54) is 82.6 Å². The number of ether oxygens (including phenoxy) is 1. The summed E-state index contributed by atoms with van der Waals surface area (Å²) < 4.78 is 6.20. The monoisotopic (exact) mass is 370 g/mol. The molecule has 1 nitrogen and oxygen atoms in total. The second-order valence-electron chi connectivity index (χ2n) is 8.30. The van der Waals surface area contributed by atoms with Gasteiger partial charge in [0.25, 0.3) is 0 Å². The van der Waals surface area contributed by atoms with Gasteiger partial charge in [-0.3, -0.25) is 0 Å². The predicted octanol–water partition coefficient (Wildman–Crippen LogP) is 7.52. The van der Waals surface area contributed by atoms with E-state index in [0.29, 0.717) is 6.10 Å². The van der Waals surface area contributed by atoms with Crippen LogP contribution in [0.1, 0.15) is 97.8 Å². The van der Waals surface area contributed by atoms with Gasteiger partial charge in [0.2, 0.25) is 0 Å². The molecule has 1 atom stereocenters. The van der Waals surface area contributed by atoms with E-state index in [0.717, 1.165) is 22.8 Å². The molecule has 0 amide bonds. The summed E-state index contributed by atoms with van der Waals surface area (Å²) in [5.74, 6) is 3.16. The van der Waals surface area contributed by atoms with Gasteiger partial charge in [0.05, 0.1) is 11.9 Å². The van der Waals surface area contributed by atoms with Crippen LogP contribution in [-0.4, -0.2) is 11.4 Å². The fourth-order valence-electron chi connectivity index (χ4n) is 4.57. The van der Waals surface area contributed by atoms with Crippen molar-refractivity contribution < 1.29 is 4.74 Å². The first-order valence-electron chi connectivity index (χ1n) is 10.3. The van der Waals surface area contributed by atoms with Crippen LogP contribution >= 0.6 is 19.8 Å². The number of rotatable bonds is 4. The first-order chi connectivity index (χ1) is 11.6. The maximum atomic E-state index is 6.20. The van der Waals surface area contributed by atoms with Gasteiger partial charge >= 0.3 is 0 Å². The molecular formula is C21H39OPS. The molecule has 0 N–H and O–H groups in total. The van der Waals surface area contributed by atoms with Gasteiger partial charge in [-0.1, -0.05) is 47.0 Å². The van der Waals surface area contributed by atoms with Crippen molar-refractivity contribution in [1.82, 2.24) is 0 Å². The summed E-state index contributed by atoms with van der Waals surface area (Å²) in [6.45, 7) is 6.44. The van der Waals surface area contributed by atoms with Crippen molar-refractivity contribution in [2.24, 2.45) is 11.8 Å². The molecular weight excluding hydrogens is 331 g/mol. The largest absolute Gasteiger partial charge is 0.495 e. The van der Waals surface area contributed by atoms with E-state index in [4.69, 9.17) is 4.74 Å². The lowest BCUT2D eigenvalue weighted by molar-refractivity contribution is 0.0796. The van der Waals surface area contributed by atoms with Crippen molar-refractivity contribution >= 4 is 19.8 Å². The van der Waals surface area contributed by atoms with E-state index in [1.54, 1.807) is 0 Å². The molecule has 0 aromatic heterocycles. The first kappa shape index (κ1) is 20.6.